The van der Waals surface area contributed by atoms with Crippen molar-refractivity contribution >= 4 is 11.4 Å². The van der Waals surface area contributed by atoms with E-state index in [0.29, 0.717) is 17.8 Å². The van der Waals surface area contributed by atoms with Crippen molar-refractivity contribution in [2.45, 2.75) is 6.54 Å². The predicted molar refractivity (Wildman–Crippen MR) is 67.3 cm³/mol. The van der Waals surface area contributed by atoms with Crippen LogP contribution in [-0.4, -0.2) is 9.49 Å². The van der Waals surface area contributed by atoms with Crippen molar-refractivity contribution in [3.8, 4) is 0 Å². The van der Waals surface area contributed by atoms with E-state index in [2.05, 4.69) is 0 Å². The van der Waals surface area contributed by atoms with Gasteiger partial charge in [0.2, 0.25) is 0 Å². The maximum atomic E-state index is 11.0. The zero-order valence-corrected chi connectivity index (χ0v) is 9.45. The van der Waals surface area contributed by atoms with Gasteiger partial charge in [0.25, 0.3) is 5.69 Å². The Morgan fingerprint density at radius 1 is 1.22 bits per heavy atom. The average molecular weight is 245 g/mol. The van der Waals surface area contributed by atoms with Crippen LogP contribution in [0.15, 0.2) is 47.5 Å². The lowest BCUT2D eigenvalue weighted by atomic mass is 10.1. The average Bonchev–Trinajstić information content (AvgIpc) is 2.34. The van der Waals surface area contributed by atoms with Gasteiger partial charge in [-0.05, 0) is 6.07 Å². The molecule has 0 radical (unpaired) electrons. The fourth-order valence-electron chi connectivity index (χ4n) is 1.59. The Kier molecular flexibility index (Phi) is 3.09. The highest BCUT2D eigenvalue weighted by molar-refractivity contribution is 5.52. The SMILES string of the molecule is Nc1ccc([N+](=O)[O-])cc1Cn1ccc(=O)cc1. The standard InChI is InChI=1S/C12H11N3O3/c13-12-2-1-10(15(17)18)7-9(12)8-14-5-3-11(16)4-6-14/h1-7H,8,13H2. The second-order valence-electron chi connectivity index (χ2n) is 3.85. The first-order valence-electron chi connectivity index (χ1n) is 5.25. The van der Waals surface area contributed by atoms with E-state index in [1.807, 2.05) is 0 Å². The number of hydrogen-bond donors (Lipinski definition) is 1. The van der Waals surface area contributed by atoms with Gasteiger partial charge in [-0.25, -0.2) is 0 Å². The molecule has 0 aliphatic heterocycles. The van der Waals surface area contributed by atoms with Crippen molar-refractivity contribution in [3.63, 3.8) is 0 Å². The Morgan fingerprint density at radius 2 is 1.89 bits per heavy atom. The molecule has 18 heavy (non-hydrogen) atoms. The highest BCUT2D eigenvalue weighted by Crippen LogP contribution is 2.20. The normalized spacial score (nSPS) is 10.2. The van der Waals surface area contributed by atoms with Gasteiger partial charge >= 0.3 is 0 Å². The fraction of sp³-hybridized carbons (Fsp3) is 0.0833. The lowest BCUT2D eigenvalue weighted by molar-refractivity contribution is -0.384. The minimum Gasteiger partial charge on any atom is -0.398 e. The van der Waals surface area contributed by atoms with Crippen molar-refractivity contribution in [1.29, 1.82) is 0 Å². The zero-order chi connectivity index (χ0) is 13.1. The van der Waals surface area contributed by atoms with Crippen molar-refractivity contribution in [1.82, 2.24) is 4.57 Å². The maximum absolute atomic E-state index is 11.0. The van der Waals surface area contributed by atoms with Gasteiger partial charge < -0.3 is 10.3 Å². The lowest BCUT2D eigenvalue weighted by Gasteiger charge is -2.08. The molecule has 92 valence electrons. The molecule has 0 atom stereocenters. The molecule has 1 aromatic heterocycles. The minimum absolute atomic E-state index is 0.000227. The van der Waals surface area contributed by atoms with E-state index in [1.165, 1.54) is 30.3 Å². The molecule has 6 heteroatoms. The molecule has 0 spiro atoms. The van der Waals surface area contributed by atoms with E-state index in [4.69, 9.17) is 5.73 Å². The van der Waals surface area contributed by atoms with Gasteiger partial charge in [-0.15, -0.1) is 0 Å². The second kappa shape index (κ2) is 4.70. The first-order valence-corrected chi connectivity index (χ1v) is 5.25. The van der Waals surface area contributed by atoms with Gasteiger partial charge in [-0.1, -0.05) is 0 Å². The first kappa shape index (κ1) is 11.8. The third-order valence-corrected chi connectivity index (χ3v) is 2.55. The number of hydrogen-bond acceptors (Lipinski definition) is 4. The van der Waals surface area contributed by atoms with E-state index in [9.17, 15) is 14.9 Å². The van der Waals surface area contributed by atoms with Crippen molar-refractivity contribution in [3.05, 3.63) is 68.6 Å². The number of nitrogen functional groups attached to an aromatic ring is 1. The van der Waals surface area contributed by atoms with Crippen LogP contribution in [0.4, 0.5) is 11.4 Å². The quantitative estimate of drug-likeness (QED) is 0.502. The number of nitro groups is 1. The van der Waals surface area contributed by atoms with Crippen LogP contribution in [0.5, 0.6) is 0 Å². The van der Waals surface area contributed by atoms with E-state index in [0.717, 1.165) is 0 Å². The molecule has 1 heterocycles. The zero-order valence-electron chi connectivity index (χ0n) is 9.45. The molecular formula is C12H11N3O3. The van der Waals surface area contributed by atoms with Gasteiger partial charge in [0, 0.05) is 54.5 Å². The summed E-state index contributed by atoms with van der Waals surface area (Å²) in [7, 11) is 0. The molecule has 6 nitrogen and oxygen atoms in total. The van der Waals surface area contributed by atoms with Gasteiger partial charge in [0.05, 0.1) is 4.92 Å². The smallest absolute Gasteiger partial charge is 0.269 e. The topological polar surface area (TPSA) is 91.2 Å². The third kappa shape index (κ3) is 2.54. The molecule has 0 saturated heterocycles. The maximum Gasteiger partial charge on any atom is 0.269 e. The first-order chi connectivity index (χ1) is 8.56. The molecule has 2 rings (SSSR count). The number of aromatic nitrogens is 1. The number of nitrogens with zero attached hydrogens (tertiary/aromatic N) is 2. The Morgan fingerprint density at radius 3 is 2.50 bits per heavy atom. The largest absolute Gasteiger partial charge is 0.398 e. The third-order valence-electron chi connectivity index (χ3n) is 2.55. The van der Waals surface area contributed by atoms with Crippen LogP contribution in [-0.2, 0) is 6.54 Å². The van der Waals surface area contributed by atoms with Crippen LogP contribution in [0.25, 0.3) is 0 Å². The van der Waals surface area contributed by atoms with Crippen LogP contribution < -0.4 is 11.2 Å². The summed E-state index contributed by atoms with van der Waals surface area (Å²) in [4.78, 5) is 21.2. The summed E-state index contributed by atoms with van der Waals surface area (Å²) >= 11 is 0. The number of anilines is 1. The van der Waals surface area contributed by atoms with Gasteiger partial charge in [0.15, 0.2) is 5.43 Å². The molecule has 0 saturated carbocycles. The van der Waals surface area contributed by atoms with Crippen LogP contribution in [0.1, 0.15) is 5.56 Å². The number of non-ortho nitro benzene ring substituents is 1. The number of rotatable bonds is 3. The summed E-state index contributed by atoms with van der Waals surface area (Å²) in [5, 5.41) is 10.7. The van der Waals surface area contributed by atoms with Gasteiger partial charge in [-0.2, -0.15) is 0 Å². The summed E-state index contributed by atoms with van der Waals surface area (Å²) in [5.74, 6) is 0. The summed E-state index contributed by atoms with van der Waals surface area (Å²) in [6.45, 7) is 0.383. The molecule has 0 bridgehead atoms. The predicted octanol–water partition coefficient (Wildman–Crippen LogP) is 1.39. The molecule has 0 aliphatic rings. The molecule has 2 N–H and O–H groups in total. The van der Waals surface area contributed by atoms with Crippen molar-refractivity contribution < 1.29 is 4.92 Å². The van der Waals surface area contributed by atoms with Crippen LogP contribution in [0.2, 0.25) is 0 Å². The summed E-state index contributed by atoms with van der Waals surface area (Å²) in [6.07, 6.45) is 3.22. The van der Waals surface area contributed by atoms with Crippen molar-refractivity contribution in [2.75, 3.05) is 5.73 Å². The highest BCUT2D eigenvalue weighted by atomic mass is 16.6. The van der Waals surface area contributed by atoms with E-state index >= 15 is 0 Å². The number of nitrogens with two attached hydrogens (primary N) is 1. The summed E-state index contributed by atoms with van der Waals surface area (Å²) < 4.78 is 1.73. The number of pyridine rings is 1. The summed E-state index contributed by atoms with van der Waals surface area (Å²) in [5.41, 5.74) is 6.82. The Hall–Kier alpha value is -2.63. The molecule has 0 fully saturated rings. The minimum atomic E-state index is -0.464. The molecule has 0 amide bonds. The Labute approximate surface area is 102 Å². The highest BCUT2D eigenvalue weighted by Gasteiger charge is 2.09. The lowest BCUT2D eigenvalue weighted by Crippen LogP contribution is -2.06. The van der Waals surface area contributed by atoms with Gasteiger partial charge in [-0.3, -0.25) is 14.9 Å². The van der Waals surface area contributed by atoms with Crippen molar-refractivity contribution in [2.24, 2.45) is 0 Å². The van der Waals surface area contributed by atoms with E-state index in [1.54, 1.807) is 17.0 Å². The molecular weight excluding hydrogens is 234 g/mol. The Balaban J connectivity index is 2.33. The molecule has 2 aromatic rings. The molecule has 0 aliphatic carbocycles. The number of nitro benzene ring substituents is 1. The number of benzene rings is 1. The van der Waals surface area contributed by atoms with Gasteiger partial charge in [0.1, 0.15) is 0 Å². The van der Waals surface area contributed by atoms with Crippen LogP contribution >= 0.6 is 0 Å². The summed E-state index contributed by atoms with van der Waals surface area (Å²) in [6, 6.07) is 7.16. The van der Waals surface area contributed by atoms with E-state index in [-0.39, 0.29) is 11.1 Å². The molecule has 0 unspecified atom stereocenters. The van der Waals surface area contributed by atoms with Crippen LogP contribution in [0, 0.1) is 10.1 Å². The van der Waals surface area contributed by atoms with E-state index < -0.39 is 4.92 Å². The fourth-order valence-corrected chi connectivity index (χ4v) is 1.59. The monoisotopic (exact) mass is 245 g/mol. The van der Waals surface area contributed by atoms with Crippen LogP contribution in [0.3, 0.4) is 0 Å². The Bertz CT molecular complexity index is 629. The second-order valence-corrected chi connectivity index (χ2v) is 3.85. The molecule has 1 aromatic carbocycles.